The standard InChI is InChI=1S/C49H28N4OS/c1-2-13-29(14-3-1)47-50-48(36-21-12-20-34-33-18-8-11-24-43(33)55-46(34)36)52-49(51-47)45-39(25-26-42-44(45)35-19-7-10-23-41(35)54-42)53-38-22-9-6-17-32(38)37-27-30-15-4-5-16-31(30)28-40(37)53/h1-28H. The van der Waals surface area contributed by atoms with Crippen molar-refractivity contribution in [1.29, 1.82) is 0 Å². The first kappa shape index (κ1) is 30.3. The first-order valence-electron chi connectivity index (χ1n) is 18.4. The van der Waals surface area contributed by atoms with Crippen molar-refractivity contribution < 1.29 is 4.42 Å². The van der Waals surface area contributed by atoms with Crippen LogP contribution >= 0.6 is 11.3 Å². The van der Waals surface area contributed by atoms with Crippen LogP contribution in [0.3, 0.4) is 0 Å². The number of hydrogen-bond acceptors (Lipinski definition) is 5. The van der Waals surface area contributed by atoms with E-state index in [1.54, 1.807) is 11.3 Å². The number of benzene rings is 8. The third-order valence-electron chi connectivity index (χ3n) is 10.8. The summed E-state index contributed by atoms with van der Waals surface area (Å²) in [4.78, 5) is 16.1. The summed E-state index contributed by atoms with van der Waals surface area (Å²) in [6.45, 7) is 0. The number of rotatable bonds is 4. The lowest BCUT2D eigenvalue weighted by atomic mass is 10.0. The third-order valence-corrected chi connectivity index (χ3v) is 12.1. The van der Waals surface area contributed by atoms with Gasteiger partial charge in [-0.25, -0.2) is 15.0 Å². The highest BCUT2D eigenvalue weighted by molar-refractivity contribution is 7.26. The zero-order chi connectivity index (χ0) is 36.0. The molecule has 0 bridgehead atoms. The van der Waals surface area contributed by atoms with Gasteiger partial charge in [-0.05, 0) is 59.3 Å². The lowest BCUT2D eigenvalue weighted by Crippen LogP contribution is -2.04. The molecule has 4 heterocycles. The maximum atomic E-state index is 6.56. The fraction of sp³-hybridized carbons (Fsp3) is 0. The molecule has 256 valence electrons. The van der Waals surface area contributed by atoms with Crippen LogP contribution in [-0.2, 0) is 0 Å². The van der Waals surface area contributed by atoms with E-state index in [-0.39, 0.29) is 0 Å². The third kappa shape index (κ3) is 4.55. The fourth-order valence-electron chi connectivity index (χ4n) is 8.38. The Balaban J connectivity index is 1.24. The minimum absolute atomic E-state index is 0.584. The summed E-state index contributed by atoms with van der Waals surface area (Å²) in [6, 6.07) is 59.6. The van der Waals surface area contributed by atoms with Gasteiger partial charge in [0.15, 0.2) is 17.5 Å². The van der Waals surface area contributed by atoms with E-state index in [1.807, 2.05) is 30.3 Å². The van der Waals surface area contributed by atoms with E-state index in [4.69, 9.17) is 19.4 Å². The Kier molecular flexibility index (Phi) is 6.44. The van der Waals surface area contributed by atoms with Crippen molar-refractivity contribution in [2.75, 3.05) is 0 Å². The van der Waals surface area contributed by atoms with Crippen LogP contribution < -0.4 is 0 Å². The summed E-state index contributed by atoms with van der Waals surface area (Å²) in [5, 5.41) is 9.17. The van der Waals surface area contributed by atoms with E-state index in [0.717, 1.165) is 60.0 Å². The summed E-state index contributed by atoms with van der Waals surface area (Å²) in [5.41, 5.74) is 7.57. The number of fused-ring (bicyclic) bond motifs is 10. The SMILES string of the molecule is c1ccc(-c2nc(-c3cccc4c3sc3ccccc34)nc(-c3c(-n4c5ccccc5c5cc6ccccc6cc54)ccc4oc5ccccc5c34)n2)cc1. The molecule has 0 saturated carbocycles. The maximum absolute atomic E-state index is 6.56. The van der Waals surface area contributed by atoms with Crippen LogP contribution in [0, 0.1) is 0 Å². The quantitative estimate of drug-likeness (QED) is 0.182. The predicted molar refractivity (Wildman–Crippen MR) is 228 cm³/mol. The molecular formula is C49H28N4OS. The molecule has 0 aliphatic heterocycles. The summed E-state index contributed by atoms with van der Waals surface area (Å²) < 4.78 is 11.3. The average Bonchev–Trinajstić information content (AvgIpc) is 3.92. The average molecular weight is 721 g/mol. The highest BCUT2D eigenvalue weighted by Gasteiger charge is 2.25. The van der Waals surface area contributed by atoms with Crippen LogP contribution in [0.4, 0.5) is 0 Å². The monoisotopic (exact) mass is 720 g/mol. The largest absolute Gasteiger partial charge is 0.456 e. The first-order valence-corrected chi connectivity index (χ1v) is 19.2. The molecule has 0 saturated heterocycles. The van der Waals surface area contributed by atoms with Gasteiger partial charge in [0.25, 0.3) is 0 Å². The summed E-state index contributed by atoms with van der Waals surface area (Å²) in [5.74, 6) is 1.83. The van der Waals surface area contributed by atoms with Gasteiger partial charge >= 0.3 is 0 Å². The maximum Gasteiger partial charge on any atom is 0.166 e. The topological polar surface area (TPSA) is 56.7 Å². The molecule has 0 atom stereocenters. The minimum atomic E-state index is 0.584. The van der Waals surface area contributed by atoms with Crippen LogP contribution in [0.25, 0.3) is 115 Å². The Morgan fingerprint density at radius 3 is 2.04 bits per heavy atom. The molecule has 5 nitrogen and oxygen atoms in total. The van der Waals surface area contributed by atoms with Crippen LogP contribution in [0.15, 0.2) is 174 Å². The van der Waals surface area contributed by atoms with Crippen molar-refractivity contribution in [3.63, 3.8) is 0 Å². The summed E-state index contributed by atoms with van der Waals surface area (Å²) >= 11 is 1.78. The highest BCUT2D eigenvalue weighted by Crippen LogP contribution is 2.45. The normalized spacial score (nSPS) is 12.0. The van der Waals surface area contributed by atoms with Gasteiger partial charge in [-0.15, -0.1) is 11.3 Å². The van der Waals surface area contributed by atoms with Crippen molar-refractivity contribution in [3.8, 4) is 39.9 Å². The number of para-hydroxylation sites is 2. The van der Waals surface area contributed by atoms with Gasteiger partial charge in [-0.3, -0.25) is 0 Å². The molecule has 0 amide bonds. The van der Waals surface area contributed by atoms with Crippen LogP contribution in [-0.4, -0.2) is 19.5 Å². The van der Waals surface area contributed by atoms with Crippen molar-refractivity contribution in [3.05, 3.63) is 170 Å². The molecule has 12 rings (SSSR count). The fourth-order valence-corrected chi connectivity index (χ4v) is 9.59. The zero-order valence-corrected chi connectivity index (χ0v) is 30.1. The van der Waals surface area contributed by atoms with Gasteiger partial charge in [-0.2, -0.15) is 0 Å². The Labute approximate surface area is 318 Å². The second kappa shape index (κ2) is 11.7. The Morgan fingerprint density at radius 1 is 0.455 bits per heavy atom. The molecule has 0 N–H and O–H groups in total. The number of aromatic nitrogens is 4. The Bertz CT molecular complexity index is 3500. The van der Waals surface area contributed by atoms with E-state index in [1.165, 1.54) is 37.0 Å². The molecule has 0 radical (unpaired) electrons. The molecule has 0 fully saturated rings. The van der Waals surface area contributed by atoms with Gasteiger partial charge in [0.1, 0.15) is 11.2 Å². The van der Waals surface area contributed by atoms with E-state index in [2.05, 4.69) is 144 Å². The molecule has 12 aromatic rings. The molecule has 0 aliphatic rings. The van der Waals surface area contributed by atoms with E-state index in [9.17, 15) is 0 Å². The second-order valence-electron chi connectivity index (χ2n) is 14.0. The zero-order valence-electron chi connectivity index (χ0n) is 29.3. The van der Waals surface area contributed by atoms with E-state index >= 15 is 0 Å². The van der Waals surface area contributed by atoms with Gasteiger partial charge < -0.3 is 8.98 Å². The Morgan fingerprint density at radius 2 is 1.15 bits per heavy atom. The lowest BCUT2D eigenvalue weighted by molar-refractivity contribution is 0.669. The van der Waals surface area contributed by atoms with E-state index < -0.39 is 0 Å². The molecule has 6 heteroatoms. The van der Waals surface area contributed by atoms with Crippen molar-refractivity contribution in [1.82, 2.24) is 19.5 Å². The van der Waals surface area contributed by atoms with Crippen LogP contribution in [0.5, 0.6) is 0 Å². The molecule has 8 aromatic carbocycles. The second-order valence-corrected chi connectivity index (χ2v) is 15.0. The number of thiophene rings is 1. The molecular weight excluding hydrogens is 693 g/mol. The highest BCUT2D eigenvalue weighted by atomic mass is 32.1. The predicted octanol–water partition coefficient (Wildman–Crippen LogP) is 13.4. The van der Waals surface area contributed by atoms with Gasteiger partial charge in [0.2, 0.25) is 0 Å². The smallest absolute Gasteiger partial charge is 0.166 e. The first-order chi connectivity index (χ1) is 27.3. The van der Waals surface area contributed by atoms with Crippen molar-refractivity contribution in [2.24, 2.45) is 0 Å². The van der Waals surface area contributed by atoms with Crippen molar-refractivity contribution >= 4 is 86.0 Å². The Hall–Kier alpha value is -7.15. The lowest BCUT2D eigenvalue weighted by Gasteiger charge is -2.16. The van der Waals surface area contributed by atoms with Crippen molar-refractivity contribution in [2.45, 2.75) is 0 Å². The number of hydrogen-bond donors (Lipinski definition) is 0. The molecule has 0 spiro atoms. The van der Waals surface area contributed by atoms with Gasteiger partial charge in [0, 0.05) is 52.8 Å². The molecule has 0 unspecified atom stereocenters. The van der Waals surface area contributed by atoms with Crippen LogP contribution in [0.2, 0.25) is 0 Å². The minimum Gasteiger partial charge on any atom is -0.456 e. The molecule has 0 aliphatic carbocycles. The van der Waals surface area contributed by atoms with Gasteiger partial charge in [-0.1, -0.05) is 121 Å². The van der Waals surface area contributed by atoms with Gasteiger partial charge in [0.05, 0.1) is 22.3 Å². The summed E-state index contributed by atoms with van der Waals surface area (Å²) in [7, 11) is 0. The molecule has 55 heavy (non-hydrogen) atoms. The number of furan rings is 1. The van der Waals surface area contributed by atoms with E-state index in [0.29, 0.717) is 17.5 Å². The summed E-state index contributed by atoms with van der Waals surface area (Å²) in [6.07, 6.45) is 0. The van der Waals surface area contributed by atoms with Crippen LogP contribution in [0.1, 0.15) is 0 Å². The molecule has 4 aromatic heterocycles. The number of nitrogens with zero attached hydrogens (tertiary/aromatic N) is 4.